The summed E-state index contributed by atoms with van der Waals surface area (Å²) >= 11 is 0. The monoisotopic (exact) mass is 611 g/mol. The molecule has 0 aromatic heterocycles. The number of likely N-dealkylation sites (tertiary alicyclic amines) is 1. The molecule has 4 heterocycles. The van der Waals surface area contributed by atoms with Crippen molar-refractivity contribution in [3.63, 3.8) is 0 Å². The number of methoxy groups -OCH3 is 1. The van der Waals surface area contributed by atoms with Crippen LogP contribution in [0.15, 0.2) is 0 Å². The average molecular weight is 612 g/mol. The molecule has 0 aromatic rings. The molecular formula is C32H57N3O8. The Kier molecular flexibility index (Phi) is 11.4. The van der Waals surface area contributed by atoms with Crippen LogP contribution in [0.3, 0.4) is 0 Å². The Morgan fingerprint density at radius 1 is 1.09 bits per heavy atom. The molecular weight excluding hydrogens is 554 g/mol. The van der Waals surface area contributed by atoms with Gasteiger partial charge in [0.05, 0.1) is 31.0 Å². The summed E-state index contributed by atoms with van der Waals surface area (Å²) in [6.45, 7) is 14.6. The first-order valence-electron chi connectivity index (χ1n) is 16.1. The number of ketones is 1. The molecule has 248 valence electrons. The number of aliphatic hydroxyl groups excluding tert-OH is 1. The Morgan fingerprint density at radius 2 is 1.77 bits per heavy atom. The van der Waals surface area contributed by atoms with Crippen molar-refractivity contribution in [1.29, 1.82) is 0 Å². The lowest BCUT2D eigenvalue weighted by atomic mass is 9.75. The lowest BCUT2D eigenvalue weighted by molar-refractivity contribution is -0.295. The van der Waals surface area contributed by atoms with E-state index < -0.39 is 41.4 Å². The molecule has 0 unspecified atom stereocenters. The summed E-state index contributed by atoms with van der Waals surface area (Å²) in [7, 11) is 7.58. The predicted molar refractivity (Wildman–Crippen MR) is 162 cm³/mol. The molecule has 0 amide bonds. The average Bonchev–Trinajstić information content (AvgIpc) is 2.91. The fraction of sp³-hybridized carbons (Fsp3) is 0.938. The van der Waals surface area contributed by atoms with Crippen LogP contribution in [-0.4, -0.2) is 148 Å². The molecule has 43 heavy (non-hydrogen) atoms. The van der Waals surface area contributed by atoms with E-state index in [4.69, 9.17) is 23.7 Å². The van der Waals surface area contributed by atoms with Crippen LogP contribution >= 0.6 is 0 Å². The van der Waals surface area contributed by atoms with Crippen LogP contribution in [0.4, 0.5) is 0 Å². The Bertz CT molecular complexity index is 955. The molecule has 0 saturated carbocycles. The maximum Gasteiger partial charge on any atom is 0.319 e. The highest BCUT2D eigenvalue weighted by Gasteiger charge is 2.51. The number of esters is 1. The van der Waals surface area contributed by atoms with Gasteiger partial charge in [-0.15, -0.1) is 0 Å². The second-order valence-corrected chi connectivity index (χ2v) is 14.6. The topological polar surface area (TPSA) is 110 Å². The highest BCUT2D eigenvalue weighted by Crippen LogP contribution is 2.38. The standard InChI is InChI=1S/C32H57N3O8/c1-20-13-24(33(6)7)26(36)29(42-20)43-28-21(2)27(37)31(3,4)30(38)41-19-25(34(8)12-10-11-32(28,5)39-9)23-15-35(16-23)14-22-17-40-18-22/h20-26,28-29,36H,10-19H2,1-9H3/t20-,21+,24+,25+,26-,28-,29+,32-/m1/s1. The maximum atomic E-state index is 14.1. The Labute approximate surface area is 258 Å². The predicted octanol–water partition coefficient (Wildman–Crippen LogP) is 1.65. The van der Waals surface area contributed by atoms with Gasteiger partial charge in [-0.1, -0.05) is 6.92 Å². The van der Waals surface area contributed by atoms with Gasteiger partial charge in [-0.25, -0.2) is 0 Å². The van der Waals surface area contributed by atoms with Gasteiger partial charge in [-0.3, -0.25) is 14.5 Å². The SMILES string of the molecule is CO[C@]1(C)CCCN(C)[C@H](C2CN(CC3COC3)C2)COC(=O)C(C)(C)C(=O)[C@H](C)[C@H]1O[C@@H]1O[C@H](C)C[C@H](N(C)C)[C@H]1O. The van der Waals surface area contributed by atoms with Crippen molar-refractivity contribution in [1.82, 2.24) is 14.7 Å². The van der Waals surface area contributed by atoms with E-state index in [1.54, 1.807) is 27.9 Å². The summed E-state index contributed by atoms with van der Waals surface area (Å²) < 4.78 is 30.1. The Hall–Kier alpha value is -1.18. The number of Topliss-reactive ketones (excluding diaryl/α,β-unsaturated/α-hetero) is 1. The highest BCUT2D eigenvalue weighted by atomic mass is 16.7. The van der Waals surface area contributed by atoms with Gasteiger partial charge in [0.15, 0.2) is 12.1 Å². The summed E-state index contributed by atoms with van der Waals surface area (Å²) in [5, 5.41) is 11.3. The quantitative estimate of drug-likeness (QED) is 0.335. The third-order valence-electron chi connectivity index (χ3n) is 10.5. The third kappa shape index (κ3) is 7.62. The van der Waals surface area contributed by atoms with E-state index in [0.717, 1.165) is 45.8 Å². The van der Waals surface area contributed by atoms with Crippen molar-refractivity contribution < 1.29 is 38.4 Å². The number of nitrogens with zero attached hydrogens (tertiary/aromatic N) is 3. The van der Waals surface area contributed by atoms with Gasteiger partial charge in [-0.2, -0.15) is 0 Å². The van der Waals surface area contributed by atoms with Crippen molar-refractivity contribution in [2.75, 3.05) is 74.3 Å². The Morgan fingerprint density at radius 3 is 2.35 bits per heavy atom. The number of cyclic esters (lactones) is 1. The van der Waals surface area contributed by atoms with Crippen molar-refractivity contribution in [3.8, 4) is 0 Å². The summed E-state index contributed by atoms with van der Waals surface area (Å²) in [4.78, 5) is 34.4. The van der Waals surface area contributed by atoms with Gasteiger partial charge >= 0.3 is 5.97 Å². The molecule has 0 aliphatic carbocycles. The second kappa shape index (κ2) is 14.1. The van der Waals surface area contributed by atoms with Gasteiger partial charge in [0.1, 0.15) is 18.1 Å². The zero-order chi connectivity index (χ0) is 31.7. The van der Waals surface area contributed by atoms with Crippen LogP contribution < -0.4 is 0 Å². The molecule has 11 heteroatoms. The number of likely N-dealkylation sites (N-methyl/N-ethyl adjacent to an activating group) is 2. The molecule has 4 saturated heterocycles. The molecule has 4 fully saturated rings. The largest absolute Gasteiger partial charge is 0.463 e. The second-order valence-electron chi connectivity index (χ2n) is 14.6. The molecule has 4 aliphatic heterocycles. The van der Waals surface area contributed by atoms with Crippen molar-refractivity contribution in [2.45, 2.75) is 96.2 Å². The van der Waals surface area contributed by atoms with Crippen LogP contribution in [0.5, 0.6) is 0 Å². The fourth-order valence-electron chi connectivity index (χ4n) is 7.32. The molecule has 0 aromatic carbocycles. The zero-order valence-corrected chi connectivity index (χ0v) is 27.9. The number of ether oxygens (including phenoxy) is 5. The van der Waals surface area contributed by atoms with E-state index >= 15 is 0 Å². The fourth-order valence-corrected chi connectivity index (χ4v) is 7.32. The molecule has 1 N–H and O–H groups in total. The van der Waals surface area contributed by atoms with E-state index in [2.05, 4.69) is 16.8 Å². The number of hydrogen-bond donors (Lipinski definition) is 1. The minimum Gasteiger partial charge on any atom is -0.463 e. The summed E-state index contributed by atoms with van der Waals surface area (Å²) in [6.07, 6.45) is -0.712. The maximum absolute atomic E-state index is 14.1. The van der Waals surface area contributed by atoms with Crippen LogP contribution in [0.25, 0.3) is 0 Å². The number of aliphatic hydroxyl groups is 1. The summed E-state index contributed by atoms with van der Waals surface area (Å²) in [5.74, 6) is -0.552. The van der Waals surface area contributed by atoms with E-state index in [9.17, 15) is 14.7 Å². The lowest BCUT2D eigenvalue weighted by Crippen LogP contribution is -2.59. The summed E-state index contributed by atoms with van der Waals surface area (Å²) in [5.41, 5.74) is -2.27. The normalized spacial score (nSPS) is 39.7. The smallest absolute Gasteiger partial charge is 0.319 e. The number of rotatable bonds is 7. The molecule has 8 atom stereocenters. The van der Waals surface area contributed by atoms with E-state index in [1.165, 1.54) is 0 Å². The first-order valence-corrected chi connectivity index (χ1v) is 16.1. The van der Waals surface area contributed by atoms with Crippen molar-refractivity contribution >= 4 is 11.8 Å². The first-order chi connectivity index (χ1) is 20.2. The third-order valence-corrected chi connectivity index (χ3v) is 10.5. The number of carbonyl (C=O) groups is 2. The lowest BCUT2D eigenvalue weighted by Gasteiger charge is -2.48. The molecule has 4 rings (SSSR count). The first kappa shape index (κ1) is 34.7. The van der Waals surface area contributed by atoms with Gasteiger partial charge in [-0.05, 0) is 74.6 Å². The van der Waals surface area contributed by atoms with E-state index in [0.29, 0.717) is 24.7 Å². The van der Waals surface area contributed by atoms with Crippen molar-refractivity contribution in [2.24, 2.45) is 23.2 Å². The van der Waals surface area contributed by atoms with Gasteiger partial charge in [0, 0.05) is 56.6 Å². The van der Waals surface area contributed by atoms with Gasteiger partial charge < -0.3 is 38.6 Å². The molecule has 4 aliphatic rings. The molecule has 0 spiro atoms. The highest BCUT2D eigenvalue weighted by molar-refractivity contribution is 6.04. The number of carbonyl (C=O) groups excluding carboxylic acids is 2. The number of hydrogen-bond acceptors (Lipinski definition) is 11. The zero-order valence-electron chi connectivity index (χ0n) is 27.9. The molecule has 11 nitrogen and oxygen atoms in total. The van der Waals surface area contributed by atoms with Gasteiger partial charge in [0.2, 0.25) is 0 Å². The van der Waals surface area contributed by atoms with Crippen LogP contribution in [0, 0.1) is 23.2 Å². The van der Waals surface area contributed by atoms with Gasteiger partial charge in [0.25, 0.3) is 0 Å². The minimum atomic E-state index is -1.39. The van der Waals surface area contributed by atoms with E-state index in [1.807, 2.05) is 32.8 Å². The molecule has 0 bridgehead atoms. The van der Waals surface area contributed by atoms with Crippen LogP contribution in [0.1, 0.15) is 53.9 Å². The molecule has 0 radical (unpaired) electrons. The van der Waals surface area contributed by atoms with Crippen LogP contribution in [0.2, 0.25) is 0 Å². The minimum absolute atomic E-state index is 0.0537. The van der Waals surface area contributed by atoms with E-state index in [-0.39, 0.29) is 30.6 Å². The summed E-state index contributed by atoms with van der Waals surface area (Å²) in [6, 6.07) is -0.109. The van der Waals surface area contributed by atoms with Crippen molar-refractivity contribution in [3.05, 3.63) is 0 Å². The van der Waals surface area contributed by atoms with Crippen LogP contribution in [-0.2, 0) is 33.3 Å². The Balaban J connectivity index is 1.55.